The number of nitrogens with zero attached hydrogens (tertiary/aromatic N) is 15. The van der Waals surface area contributed by atoms with E-state index in [1.807, 2.05) is 34.7 Å². The number of imidazole rings is 2. The second-order valence-electron chi connectivity index (χ2n) is 15.4. The molecule has 9 radical (unpaired) electrons. The van der Waals surface area contributed by atoms with Crippen LogP contribution in [0.15, 0.2) is 108 Å². The third kappa shape index (κ3) is 26.8. The molecule has 0 aliphatic carbocycles. The third-order valence-corrected chi connectivity index (χ3v) is 11.9. The van der Waals surface area contributed by atoms with Gasteiger partial charge in [-0.15, -0.1) is 66.2 Å². The van der Waals surface area contributed by atoms with E-state index < -0.39 is 27.5 Å². The second-order valence-corrected chi connectivity index (χ2v) is 20.5. The normalized spacial score (nSPS) is 9.76. The Kier molecular flexibility index (Phi) is 34.2. The van der Waals surface area contributed by atoms with Gasteiger partial charge in [-0.25, -0.2) is 19.0 Å². The number of fused-ring (bicyclic) bond motifs is 4. The number of amides is 1. The van der Waals surface area contributed by atoms with Gasteiger partial charge in [0.05, 0.1) is 22.4 Å². The predicted molar refractivity (Wildman–Crippen MR) is 367 cm³/mol. The Balaban J connectivity index is 0.000000345. The fourth-order valence-corrected chi connectivity index (χ4v) is 7.45. The maximum Gasteiger partial charge on any atom is 0.409 e. The van der Waals surface area contributed by atoms with Gasteiger partial charge in [0.25, 0.3) is 0 Å². The number of nitrogens with one attached hydrogen (secondary N) is 4. The molecule has 415 valence electrons. The quantitative estimate of drug-likeness (QED) is 0.0396. The molecule has 10 aromatic heterocycles. The first-order valence-corrected chi connectivity index (χ1v) is 27.5. The summed E-state index contributed by atoms with van der Waals surface area (Å²) < 4.78 is 9.16. The lowest BCUT2D eigenvalue weighted by Gasteiger charge is -2.05. The number of nitrogen functional groups attached to an aromatic ring is 2. The third-order valence-electron chi connectivity index (χ3n) is 8.67. The van der Waals surface area contributed by atoms with Crippen LogP contribution < -0.4 is 27.2 Å². The zero-order valence-corrected chi connectivity index (χ0v) is 53.6. The van der Waals surface area contributed by atoms with E-state index in [-0.39, 0.29) is 49.6 Å². The van der Waals surface area contributed by atoms with Crippen molar-refractivity contribution in [3.05, 3.63) is 125 Å². The van der Waals surface area contributed by atoms with Crippen molar-refractivity contribution in [1.82, 2.24) is 84.0 Å². The molecule has 11 N–H and O–H groups in total. The van der Waals surface area contributed by atoms with Crippen molar-refractivity contribution < 1.29 is 19.9 Å². The molecule has 0 saturated carbocycles. The van der Waals surface area contributed by atoms with Crippen LogP contribution in [0.1, 0.15) is 7.43 Å². The summed E-state index contributed by atoms with van der Waals surface area (Å²) in [6.45, 7) is 4.71. The molecule has 0 bridgehead atoms. The van der Waals surface area contributed by atoms with Gasteiger partial charge in [0.1, 0.15) is 41.6 Å². The lowest BCUT2D eigenvalue weighted by atomic mass is 8.76. The molecule has 0 atom stereocenters. The lowest BCUT2D eigenvalue weighted by Crippen LogP contribution is -2.43. The van der Waals surface area contributed by atoms with Crippen molar-refractivity contribution in [2.75, 3.05) is 27.8 Å². The molecule has 44 heteroatoms. The summed E-state index contributed by atoms with van der Waals surface area (Å²) in [5.41, 5.74) is 13.4. The van der Waals surface area contributed by atoms with Crippen LogP contribution in [-0.4, -0.2) is 178 Å². The molecular formula is C38H43B10Cl4I3N21O4S2. The molecule has 0 aromatic carbocycles. The zero-order valence-electron chi connectivity index (χ0n) is 42.3. The van der Waals surface area contributed by atoms with Gasteiger partial charge in [-0.2, -0.15) is 15.3 Å². The minimum Gasteiger partial charge on any atom is -0.433 e. The Labute approximate surface area is 552 Å². The highest BCUT2D eigenvalue weighted by atomic mass is 127. The number of pyridine rings is 2. The second kappa shape index (κ2) is 37.9. The van der Waals surface area contributed by atoms with Gasteiger partial charge in [0, 0.05) is 63.2 Å². The van der Waals surface area contributed by atoms with E-state index >= 15 is 0 Å². The fourth-order valence-electron chi connectivity index (χ4n) is 5.28. The predicted octanol–water partition coefficient (Wildman–Crippen LogP) is 4.42. The van der Waals surface area contributed by atoms with Crippen LogP contribution in [0.2, 0.25) is 35.7 Å². The van der Waals surface area contributed by atoms with E-state index in [0.717, 1.165) is 23.7 Å². The number of rotatable bonds is 10. The van der Waals surface area contributed by atoms with Gasteiger partial charge in [-0.3, -0.25) is 18.7 Å². The molecule has 10 heterocycles. The monoisotopic (exact) mass is 1550 g/mol. The summed E-state index contributed by atoms with van der Waals surface area (Å²) in [4.78, 5) is 18.8. The molecule has 10 aromatic rings. The summed E-state index contributed by atoms with van der Waals surface area (Å²) >= 11 is 32.7. The minimum absolute atomic E-state index is 0. The molecule has 0 aliphatic rings. The molecule has 1 amide bonds. The topological polar surface area (TPSA) is 341 Å². The fraction of sp³-hybridized carbons (Fsp3) is 0.132. The summed E-state index contributed by atoms with van der Waals surface area (Å²) in [7, 11) is 19.5. The molecule has 0 unspecified atom stereocenters. The van der Waals surface area contributed by atoms with Crippen LogP contribution in [0, 0.1) is 12.2 Å². The highest BCUT2D eigenvalue weighted by Crippen LogP contribution is 2.26. The number of nitrogens with two attached hydrogens (primary N) is 2. The Morgan fingerprint density at radius 3 is 1.70 bits per heavy atom. The average molecular weight is 1550 g/mol. The maximum absolute atomic E-state index is 10.2. The van der Waals surface area contributed by atoms with E-state index in [1.165, 1.54) is 25.6 Å². The van der Waals surface area contributed by atoms with E-state index in [4.69, 9.17) is 111 Å². The molecule has 0 aliphatic heterocycles. The summed E-state index contributed by atoms with van der Waals surface area (Å²) in [6.07, 6.45) is 6.02. The van der Waals surface area contributed by atoms with Crippen LogP contribution in [0.25, 0.3) is 22.6 Å². The number of carbonyl (C=O) groups excluding carboxylic acids is 1. The number of alkyl halides is 1. The van der Waals surface area contributed by atoms with Crippen LogP contribution >= 0.6 is 140 Å². The number of aromatic amines is 1. The van der Waals surface area contributed by atoms with Crippen molar-refractivity contribution in [2.45, 2.75) is 38.1 Å². The largest absolute Gasteiger partial charge is 0.433 e. The van der Waals surface area contributed by atoms with Crippen molar-refractivity contribution in [2.24, 2.45) is 0 Å². The molecule has 0 fully saturated rings. The van der Waals surface area contributed by atoms with Gasteiger partial charge in [0.15, 0.2) is 32.5 Å². The first-order valence-electron chi connectivity index (χ1n) is 22.5. The molecule has 82 heavy (non-hydrogen) atoms. The zero-order chi connectivity index (χ0) is 59.1. The number of hydrogen-bond acceptors (Lipinski definition) is 21. The number of H-pyrrole nitrogens is 1. The highest BCUT2D eigenvalue weighted by molar-refractivity contribution is 14.1. The van der Waals surface area contributed by atoms with Crippen LogP contribution in [0.5, 0.6) is 0 Å². The van der Waals surface area contributed by atoms with E-state index in [1.54, 1.807) is 94.3 Å². The van der Waals surface area contributed by atoms with Crippen molar-refractivity contribution in [3.63, 3.8) is 0 Å². The molecule has 0 spiro atoms. The van der Waals surface area contributed by atoms with Crippen molar-refractivity contribution in [1.29, 1.82) is 0 Å². The summed E-state index contributed by atoms with van der Waals surface area (Å²) in [6, 6.07) is 21.3. The standard InChI is InChI=1S/C13H11BClN7OS.C7H8BIN4O.C6H4ClN3S.C4H4ClN3.C4H4IN3.C3H7BClNO2.CH4.B7.HI/c1-14(23)17-9-7-22-10(16-9)4-5-12(20-22)24-13-19-18-11-3-2-8(15)6-21(11)13;1-8(14)11-6-4-13-7(10-6)3-2-5(9)12-13;7-4-1-2-5-8-9-6(11)10(5)3-4;2*5-3-1-2-4(6)8-7-3;1-4(8)6-3(7)2-5;;1-5-7(4)6(2)3;/h2-7,17,23H,1H3;2-4,11,14H,1H3;1-3H,(H,9,11);2*1-2H,(H2,6,8);8H,2H2,1H3,(H,6,7);1H4;;1H. The van der Waals surface area contributed by atoms with Gasteiger partial charge in [-0.05, 0) is 162 Å². The van der Waals surface area contributed by atoms with Gasteiger partial charge in [-0.1, -0.05) is 42.2 Å². The first kappa shape index (κ1) is 73.9. The Morgan fingerprint density at radius 1 is 0.707 bits per heavy atom. The SMILES string of the molecule is C.CB(O)NC(=O)CCl.CB(O)Nc1cn2nc(I)ccc2n1.CB(O)Nc1cn2nc(Sc3nnc4ccc(Cl)cn34)ccc2n1.I.Nc1ccc(Cl)nn1.Nc1ccc(I)nn1.S=c1[nH]nc2ccc(Cl)cn12.[B][B]B([B])B([B])[B]. The van der Waals surface area contributed by atoms with Crippen LogP contribution in [0.4, 0.5) is 23.3 Å². The number of carbonyl (C=O) groups is 1. The number of hydrogen-bond donors (Lipinski definition) is 9. The van der Waals surface area contributed by atoms with Gasteiger partial charge >= 0.3 is 21.2 Å². The number of aromatic nitrogens is 16. The minimum atomic E-state index is -0.804. The Bertz CT molecular complexity index is 3490. The van der Waals surface area contributed by atoms with Gasteiger partial charge in [0.2, 0.25) is 11.1 Å². The highest BCUT2D eigenvalue weighted by Gasteiger charge is 2.13. The number of anilines is 4. The summed E-state index contributed by atoms with van der Waals surface area (Å²) in [5.74, 6) is 1.56. The van der Waals surface area contributed by atoms with Crippen LogP contribution in [-0.2, 0) is 4.79 Å². The smallest absolute Gasteiger partial charge is 0.409 e. The maximum atomic E-state index is 10.2. The number of halogens is 7. The van der Waals surface area contributed by atoms with Crippen LogP contribution in [0.3, 0.4) is 0 Å². The van der Waals surface area contributed by atoms with E-state index in [9.17, 15) is 9.82 Å². The molecule has 25 nitrogen and oxygen atoms in total. The van der Waals surface area contributed by atoms with E-state index in [2.05, 4.69) is 122 Å². The Morgan fingerprint density at radius 2 is 1.23 bits per heavy atom. The van der Waals surface area contributed by atoms with Gasteiger partial charge < -0.3 is 42.2 Å². The summed E-state index contributed by atoms with van der Waals surface area (Å²) in [5, 5.41) is 75.6. The molecule has 0 saturated heterocycles. The first-order chi connectivity index (χ1) is 37.9. The average Bonchev–Trinajstić information content (AvgIpc) is 4.39. The lowest BCUT2D eigenvalue weighted by molar-refractivity contribution is -0.117. The van der Waals surface area contributed by atoms with Crippen molar-refractivity contribution >= 4 is 263 Å². The van der Waals surface area contributed by atoms with Crippen molar-refractivity contribution in [3.8, 4) is 0 Å². The van der Waals surface area contributed by atoms with E-state index in [0.29, 0.717) is 59.7 Å². The molecular weight excluding hydrogens is 1510 g/mol. The Hall–Kier alpha value is -4.24. The molecule has 10 rings (SSSR count).